The number of likely N-dealkylation sites (tertiary alicyclic amines) is 1. The molecule has 0 spiro atoms. The smallest absolute Gasteiger partial charge is 0.250 e. The van der Waals surface area contributed by atoms with Crippen molar-refractivity contribution in [3.05, 3.63) is 42.2 Å². The van der Waals surface area contributed by atoms with E-state index >= 15 is 0 Å². The lowest BCUT2D eigenvalue weighted by Crippen LogP contribution is -2.40. The van der Waals surface area contributed by atoms with Crippen LogP contribution in [-0.2, 0) is 0 Å². The van der Waals surface area contributed by atoms with Crippen LogP contribution in [0.15, 0.2) is 36.7 Å². The van der Waals surface area contributed by atoms with Gasteiger partial charge in [-0.15, -0.1) is 0 Å². The average molecular weight is 376 g/mol. The number of ether oxygens (including phenoxy) is 1. The number of carbonyl (C=O) groups is 1. The van der Waals surface area contributed by atoms with Crippen molar-refractivity contribution in [3.8, 4) is 17.1 Å². The molecule has 0 radical (unpaired) electrons. The molecule has 0 bridgehead atoms. The maximum absolute atomic E-state index is 13.1. The number of piperidine rings is 1. The number of halogens is 2. The summed E-state index contributed by atoms with van der Waals surface area (Å²) in [6.07, 6.45) is 3.73. The summed E-state index contributed by atoms with van der Waals surface area (Å²) in [6, 6.07) is 6.68. The first-order valence-electron chi connectivity index (χ1n) is 8.88. The van der Waals surface area contributed by atoms with E-state index in [1.54, 1.807) is 30.5 Å². The molecule has 2 aromatic heterocycles. The van der Waals surface area contributed by atoms with Gasteiger partial charge in [-0.1, -0.05) is 0 Å². The van der Waals surface area contributed by atoms with Crippen molar-refractivity contribution < 1.29 is 18.3 Å². The minimum atomic E-state index is -2.51. The van der Waals surface area contributed by atoms with Crippen molar-refractivity contribution in [1.82, 2.24) is 14.9 Å². The molecule has 3 rings (SSSR count). The molecule has 0 unspecified atom stereocenters. The molecular weight excluding hydrogens is 354 g/mol. The lowest BCUT2D eigenvalue weighted by Gasteiger charge is -2.31. The second kappa shape index (κ2) is 8.39. The van der Waals surface area contributed by atoms with Gasteiger partial charge in [0.2, 0.25) is 5.91 Å². The Kier molecular flexibility index (Phi) is 5.95. The summed E-state index contributed by atoms with van der Waals surface area (Å²) in [7, 11) is 0. The Morgan fingerprint density at radius 3 is 2.63 bits per heavy atom. The maximum Gasteiger partial charge on any atom is 0.250 e. The molecule has 1 aliphatic heterocycles. The maximum atomic E-state index is 13.1. The Hall–Kier alpha value is -2.61. The topological polar surface area (TPSA) is 81.3 Å². The normalized spacial score (nSPS) is 16.8. The number of nitrogens with two attached hydrogens (primary N) is 1. The Morgan fingerprint density at radius 2 is 1.96 bits per heavy atom. The van der Waals surface area contributed by atoms with E-state index in [4.69, 9.17) is 10.5 Å². The van der Waals surface area contributed by atoms with Crippen LogP contribution in [0.4, 0.5) is 8.78 Å². The highest BCUT2D eigenvalue weighted by molar-refractivity contribution is 5.93. The zero-order valence-electron chi connectivity index (χ0n) is 14.9. The van der Waals surface area contributed by atoms with Crippen molar-refractivity contribution >= 4 is 5.91 Å². The van der Waals surface area contributed by atoms with Crippen LogP contribution < -0.4 is 10.5 Å². The van der Waals surface area contributed by atoms with Crippen LogP contribution in [0.2, 0.25) is 0 Å². The predicted octanol–water partition coefficient (Wildman–Crippen LogP) is 2.74. The number of alkyl halides is 2. The lowest BCUT2D eigenvalue weighted by molar-refractivity contribution is -0.0554. The van der Waals surface area contributed by atoms with E-state index in [0.717, 1.165) is 13.0 Å². The van der Waals surface area contributed by atoms with Gasteiger partial charge < -0.3 is 15.4 Å². The molecule has 1 fully saturated rings. The fraction of sp³-hybridized carbons (Fsp3) is 0.421. The van der Waals surface area contributed by atoms with Crippen LogP contribution in [0.25, 0.3) is 11.4 Å². The molecule has 1 aliphatic rings. The molecule has 8 heteroatoms. The van der Waals surface area contributed by atoms with Crippen LogP contribution >= 0.6 is 0 Å². The van der Waals surface area contributed by atoms with Crippen LogP contribution in [0.5, 0.6) is 5.75 Å². The zero-order valence-corrected chi connectivity index (χ0v) is 14.9. The Labute approximate surface area is 156 Å². The van der Waals surface area contributed by atoms with E-state index in [1.807, 2.05) is 4.90 Å². The molecule has 0 saturated carbocycles. The average Bonchev–Trinajstić information content (AvgIpc) is 2.67. The molecule has 6 nitrogen and oxygen atoms in total. The van der Waals surface area contributed by atoms with E-state index in [2.05, 4.69) is 9.97 Å². The second-order valence-corrected chi connectivity index (χ2v) is 6.57. The van der Waals surface area contributed by atoms with Gasteiger partial charge in [-0.25, -0.2) is 8.78 Å². The summed E-state index contributed by atoms with van der Waals surface area (Å²) >= 11 is 0. The molecular formula is C19H22F2N4O2. The van der Waals surface area contributed by atoms with Gasteiger partial charge in [0.1, 0.15) is 5.75 Å². The van der Waals surface area contributed by atoms with Gasteiger partial charge in [-0.05, 0) is 30.7 Å². The van der Waals surface area contributed by atoms with Gasteiger partial charge in [0.25, 0.3) is 5.92 Å². The van der Waals surface area contributed by atoms with E-state index in [9.17, 15) is 13.6 Å². The van der Waals surface area contributed by atoms with Gasteiger partial charge in [0.15, 0.2) is 0 Å². The Balaban J connectivity index is 1.46. The fourth-order valence-corrected chi connectivity index (χ4v) is 2.92. The standard InChI is InChI=1S/C19H22F2N4O2/c20-19(21)5-9-25(10-6-19)8-1-11-27-15-2-3-16(24-13-15)17-12-14(18(22)26)4-7-23-17/h2-4,7,12-13H,1,5-6,8-11H2,(H2,22,26). The number of rotatable bonds is 7. The molecule has 2 N–H and O–H groups in total. The summed E-state index contributed by atoms with van der Waals surface area (Å²) < 4.78 is 31.9. The van der Waals surface area contributed by atoms with Gasteiger partial charge in [-0.2, -0.15) is 0 Å². The third-order valence-corrected chi connectivity index (χ3v) is 4.52. The van der Waals surface area contributed by atoms with Crippen molar-refractivity contribution in [1.29, 1.82) is 0 Å². The van der Waals surface area contributed by atoms with E-state index in [0.29, 0.717) is 42.4 Å². The van der Waals surface area contributed by atoms with E-state index in [-0.39, 0.29) is 12.8 Å². The minimum absolute atomic E-state index is 0.0652. The molecule has 0 aliphatic carbocycles. The summed E-state index contributed by atoms with van der Waals surface area (Å²) in [6.45, 7) is 2.09. The van der Waals surface area contributed by atoms with Gasteiger partial charge in [-0.3, -0.25) is 14.8 Å². The summed E-state index contributed by atoms with van der Waals surface area (Å²) in [5.41, 5.74) is 6.81. The summed E-state index contributed by atoms with van der Waals surface area (Å²) in [5, 5.41) is 0. The SMILES string of the molecule is NC(=O)c1ccnc(-c2ccc(OCCCN3CCC(F)(F)CC3)cn2)c1. The number of pyridine rings is 2. The molecule has 3 heterocycles. The van der Waals surface area contributed by atoms with E-state index < -0.39 is 11.8 Å². The first-order valence-corrected chi connectivity index (χ1v) is 8.88. The molecule has 0 atom stereocenters. The zero-order chi connectivity index (χ0) is 19.3. The quantitative estimate of drug-likeness (QED) is 0.752. The van der Waals surface area contributed by atoms with Crippen LogP contribution in [0.3, 0.4) is 0 Å². The first kappa shape index (κ1) is 19.2. The monoisotopic (exact) mass is 376 g/mol. The van der Waals surface area contributed by atoms with Gasteiger partial charge >= 0.3 is 0 Å². The number of primary amides is 1. The van der Waals surface area contributed by atoms with Crippen molar-refractivity contribution in [2.24, 2.45) is 5.73 Å². The number of amides is 1. The number of aromatic nitrogens is 2. The lowest BCUT2D eigenvalue weighted by atomic mass is 10.1. The van der Waals surface area contributed by atoms with Crippen molar-refractivity contribution in [2.75, 3.05) is 26.2 Å². The summed E-state index contributed by atoms with van der Waals surface area (Å²) in [5.74, 6) is -2.40. The molecule has 2 aromatic rings. The molecule has 27 heavy (non-hydrogen) atoms. The third kappa shape index (κ3) is 5.43. The van der Waals surface area contributed by atoms with Gasteiger partial charge in [0.05, 0.1) is 24.2 Å². The molecule has 144 valence electrons. The Bertz CT molecular complexity index is 774. The Morgan fingerprint density at radius 1 is 1.19 bits per heavy atom. The predicted molar refractivity (Wildman–Crippen MR) is 96.7 cm³/mol. The van der Waals surface area contributed by atoms with Crippen LogP contribution in [0.1, 0.15) is 29.6 Å². The number of carbonyl (C=O) groups excluding carboxylic acids is 1. The highest BCUT2D eigenvalue weighted by Gasteiger charge is 2.33. The highest BCUT2D eigenvalue weighted by Crippen LogP contribution is 2.27. The van der Waals surface area contributed by atoms with Crippen LogP contribution in [-0.4, -0.2) is 52.9 Å². The van der Waals surface area contributed by atoms with Crippen molar-refractivity contribution in [3.63, 3.8) is 0 Å². The first-order chi connectivity index (χ1) is 12.9. The van der Waals surface area contributed by atoms with Crippen molar-refractivity contribution in [2.45, 2.75) is 25.2 Å². The molecule has 0 aromatic carbocycles. The highest BCUT2D eigenvalue weighted by atomic mass is 19.3. The number of hydrogen-bond acceptors (Lipinski definition) is 5. The fourth-order valence-electron chi connectivity index (χ4n) is 2.92. The number of hydrogen-bond donors (Lipinski definition) is 1. The van der Waals surface area contributed by atoms with Crippen LogP contribution in [0, 0.1) is 0 Å². The largest absolute Gasteiger partial charge is 0.492 e. The third-order valence-electron chi connectivity index (χ3n) is 4.52. The number of nitrogens with zero attached hydrogens (tertiary/aromatic N) is 3. The van der Waals surface area contributed by atoms with Gasteiger partial charge in [0, 0.05) is 44.2 Å². The molecule has 1 amide bonds. The molecule has 1 saturated heterocycles. The second-order valence-electron chi connectivity index (χ2n) is 6.57. The van der Waals surface area contributed by atoms with E-state index in [1.165, 1.54) is 6.20 Å². The minimum Gasteiger partial charge on any atom is -0.492 e. The summed E-state index contributed by atoms with van der Waals surface area (Å²) in [4.78, 5) is 21.8.